The van der Waals surface area contributed by atoms with Gasteiger partial charge in [0.2, 0.25) is 17.7 Å². The number of carbonyl (C=O) groups is 3. The van der Waals surface area contributed by atoms with E-state index in [4.69, 9.17) is 0 Å². The molecule has 0 aromatic carbocycles. The third-order valence-electron chi connectivity index (χ3n) is 7.80. The molecule has 0 bridgehead atoms. The monoisotopic (exact) mass is 476 g/mol. The highest BCUT2D eigenvalue weighted by Gasteiger charge is 2.40. The predicted molar refractivity (Wildman–Crippen MR) is 135 cm³/mol. The maximum absolute atomic E-state index is 13.6. The van der Waals surface area contributed by atoms with E-state index in [1.165, 1.54) is 12.8 Å². The lowest BCUT2D eigenvalue weighted by atomic mass is 9.91. The van der Waals surface area contributed by atoms with Crippen LogP contribution in [0.15, 0.2) is 0 Å². The van der Waals surface area contributed by atoms with Crippen molar-refractivity contribution in [3.8, 4) is 0 Å². The van der Waals surface area contributed by atoms with Crippen molar-refractivity contribution in [3.05, 3.63) is 0 Å². The second-order valence-corrected chi connectivity index (χ2v) is 11.8. The lowest BCUT2D eigenvalue weighted by Gasteiger charge is -2.42. The number of piperazine rings is 1. The summed E-state index contributed by atoms with van der Waals surface area (Å²) in [5.41, 5.74) is 0. The summed E-state index contributed by atoms with van der Waals surface area (Å²) >= 11 is 0. The lowest BCUT2D eigenvalue weighted by Crippen LogP contribution is -2.62. The molecule has 3 aliphatic rings. The summed E-state index contributed by atoms with van der Waals surface area (Å²) in [4.78, 5) is 45.2. The number of nitrogens with one attached hydrogen (secondary N) is 1. The summed E-state index contributed by atoms with van der Waals surface area (Å²) in [5.74, 6) is 2.38. The van der Waals surface area contributed by atoms with Gasteiger partial charge in [0.05, 0.1) is 6.04 Å². The van der Waals surface area contributed by atoms with Crippen LogP contribution in [-0.4, -0.2) is 84.3 Å². The van der Waals surface area contributed by atoms with Crippen LogP contribution in [0.25, 0.3) is 0 Å². The molecule has 0 unspecified atom stereocenters. The summed E-state index contributed by atoms with van der Waals surface area (Å²) in [5, 5.41) is 3.39. The Balaban J connectivity index is 1.54. The van der Waals surface area contributed by atoms with E-state index in [0.717, 1.165) is 38.8 Å². The molecule has 0 radical (unpaired) electrons. The van der Waals surface area contributed by atoms with Crippen molar-refractivity contribution in [2.75, 3.05) is 39.8 Å². The fourth-order valence-electron chi connectivity index (χ4n) is 5.29. The smallest absolute Gasteiger partial charge is 0.245 e. The Hall–Kier alpha value is -1.63. The van der Waals surface area contributed by atoms with Gasteiger partial charge in [0.25, 0.3) is 0 Å². The van der Waals surface area contributed by atoms with Crippen molar-refractivity contribution >= 4 is 17.7 Å². The summed E-state index contributed by atoms with van der Waals surface area (Å²) in [6, 6.07) is -0.496. The Bertz CT molecular complexity index is 698. The van der Waals surface area contributed by atoms with E-state index in [2.05, 4.69) is 33.0 Å². The van der Waals surface area contributed by atoms with E-state index >= 15 is 0 Å². The number of piperidine rings is 1. The van der Waals surface area contributed by atoms with Gasteiger partial charge in [-0.3, -0.25) is 14.4 Å². The fraction of sp³-hybridized carbons (Fsp3) is 0.889. The van der Waals surface area contributed by atoms with Crippen molar-refractivity contribution < 1.29 is 14.4 Å². The van der Waals surface area contributed by atoms with Crippen LogP contribution in [-0.2, 0) is 14.4 Å². The van der Waals surface area contributed by atoms with Crippen molar-refractivity contribution in [1.82, 2.24) is 20.0 Å². The Morgan fingerprint density at radius 3 is 2.26 bits per heavy atom. The van der Waals surface area contributed by atoms with Crippen molar-refractivity contribution in [1.29, 1.82) is 0 Å². The van der Waals surface area contributed by atoms with Crippen LogP contribution in [0.1, 0.15) is 79.1 Å². The number of likely N-dealkylation sites (tertiary alicyclic amines) is 1. The molecule has 0 aromatic heterocycles. The number of amides is 3. The quantitative estimate of drug-likeness (QED) is 0.497. The number of nitrogens with zero attached hydrogens (tertiary/aromatic N) is 3. The molecule has 0 aromatic rings. The maximum atomic E-state index is 13.6. The maximum Gasteiger partial charge on any atom is 0.245 e. The van der Waals surface area contributed by atoms with Crippen LogP contribution >= 0.6 is 0 Å². The zero-order chi connectivity index (χ0) is 24.8. The first-order valence-corrected chi connectivity index (χ1v) is 13.7. The Morgan fingerprint density at radius 2 is 1.68 bits per heavy atom. The highest BCUT2D eigenvalue weighted by Crippen LogP contribution is 2.34. The molecule has 194 valence electrons. The van der Waals surface area contributed by atoms with Gasteiger partial charge < -0.3 is 20.0 Å². The molecule has 7 heteroatoms. The Kier molecular flexibility index (Phi) is 9.81. The SMILES string of the molecule is CC(C)CCN(C)C(=O)CC1CCN(C(=O)[C@H](CC(C)C)N2CCN[C@@H](CC3CC3)C2=O)CC1. The Labute approximate surface area is 207 Å². The van der Waals surface area contributed by atoms with Crippen LogP contribution in [0.3, 0.4) is 0 Å². The van der Waals surface area contributed by atoms with E-state index in [9.17, 15) is 14.4 Å². The lowest BCUT2D eigenvalue weighted by molar-refractivity contribution is -0.150. The third-order valence-corrected chi connectivity index (χ3v) is 7.80. The van der Waals surface area contributed by atoms with E-state index in [1.807, 2.05) is 21.7 Å². The van der Waals surface area contributed by atoms with Gasteiger partial charge in [-0.25, -0.2) is 0 Å². The summed E-state index contributed by atoms with van der Waals surface area (Å²) in [6.07, 6.45) is 7.40. The summed E-state index contributed by atoms with van der Waals surface area (Å²) in [6.45, 7) is 12.2. The molecule has 2 saturated heterocycles. The zero-order valence-corrected chi connectivity index (χ0v) is 22.2. The normalized spacial score (nSPS) is 23.0. The van der Waals surface area contributed by atoms with Crippen molar-refractivity contribution in [2.45, 2.75) is 91.1 Å². The van der Waals surface area contributed by atoms with Crippen molar-refractivity contribution in [3.63, 3.8) is 0 Å². The number of rotatable bonds is 11. The molecule has 34 heavy (non-hydrogen) atoms. The van der Waals surface area contributed by atoms with Gasteiger partial charge in [-0.05, 0) is 55.8 Å². The van der Waals surface area contributed by atoms with E-state index in [1.54, 1.807) is 0 Å². The molecule has 2 heterocycles. The summed E-state index contributed by atoms with van der Waals surface area (Å²) in [7, 11) is 1.90. The fourth-order valence-corrected chi connectivity index (χ4v) is 5.29. The van der Waals surface area contributed by atoms with Crippen LogP contribution in [0.4, 0.5) is 0 Å². The molecule has 2 aliphatic heterocycles. The van der Waals surface area contributed by atoms with Crippen LogP contribution in [0, 0.1) is 23.7 Å². The second-order valence-electron chi connectivity index (χ2n) is 11.8. The topological polar surface area (TPSA) is 73.0 Å². The summed E-state index contributed by atoms with van der Waals surface area (Å²) < 4.78 is 0. The van der Waals surface area contributed by atoms with Gasteiger partial charge in [-0.1, -0.05) is 40.5 Å². The van der Waals surface area contributed by atoms with Crippen LogP contribution < -0.4 is 5.32 Å². The molecular weight excluding hydrogens is 428 g/mol. The van der Waals surface area contributed by atoms with Gasteiger partial charge in [0, 0.05) is 46.2 Å². The minimum atomic E-state index is -0.364. The van der Waals surface area contributed by atoms with Gasteiger partial charge >= 0.3 is 0 Å². The molecule has 3 rings (SSSR count). The van der Waals surface area contributed by atoms with Gasteiger partial charge in [0.1, 0.15) is 6.04 Å². The third kappa shape index (κ3) is 7.69. The molecule has 3 amide bonds. The van der Waals surface area contributed by atoms with Gasteiger partial charge in [-0.2, -0.15) is 0 Å². The molecule has 1 aliphatic carbocycles. The molecule has 2 atom stereocenters. The van der Waals surface area contributed by atoms with E-state index in [0.29, 0.717) is 56.1 Å². The first-order chi connectivity index (χ1) is 16.2. The van der Waals surface area contributed by atoms with Crippen LogP contribution in [0.2, 0.25) is 0 Å². The molecule has 1 N–H and O–H groups in total. The first-order valence-electron chi connectivity index (χ1n) is 13.7. The average molecular weight is 477 g/mol. The molecule has 1 saturated carbocycles. The van der Waals surface area contributed by atoms with Crippen molar-refractivity contribution in [2.24, 2.45) is 23.7 Å². The highest BCUT2D eigenvalue weighted by atomic mass is 16.2. The van der Waals surface area contributed by atoms with Gasteiger partial charge in [-0.15, -0.1) is 0 Å². The Morgan fingerprint density at radius 1 is 1.00 bits per heavy atom. The van der Waals surface area contributed by atoms with Gasteiger partial charge in [0.15, 0.2) is 0 Å². The number of hydrogen-bond donors (Lipinski definition) is 1. The number of carbonyl (C=O) groups excluding carboxylic acids is 3. The minimum Gasteiger partial charge on any atom is -0.346 e. The largest absolute Gasteiger partial charge is 0.346 e. The molecular formula is C27H48N4O3. The number of hydrogen-bond acceptors (Lipinski definition) is 4. The zero-order valence-electron chi connectivity index (χ0n) is 22.2. The standard InChI is InChI=1S/C27H48N4O3/c1-19(2)8-12-29(5)25(32)18-22-9-13-30(14-10-22)27(34)24(16-20(3)4)31-15-11-28-23(26(31)33)17-21-6-7-21/h19-24,28H,6-18H2,1-5H3/t23-,24-/m0/s1. The predicted octanol–water partition coefficient (Wildman–Crippen LogP) is 3.13. The minimum absolute atomic E-state index is 0.105. The molecule has 3 fully saturated rings. The molecule has 0 spiro atoms. The molecule has 7 nitrogen and oxygen atoms in total. The van der Waals surface area contributed by atoms with Crippen LogP contribution in [0.5, 0.6) is 0 Å². The average Bonchev–Trinajstić information content (AvgIpc) is 3.61. The highest BCUT2D eigenvalue weighted by molar-refractivity contribution is 5.90. The van der Waals surface area contributed by atoms with E-state index < -0.39 is 0 Å². The van der Waals surface area contributed by atoms with E-state index in [-0.39, 0.29) is 29.8 Å². The first kappa shape index (κ1) is 27.0. The second kappa shape index (κ2) is 12.4.